The van der Waals surface area contributed by atoms with E-state index in [9.17, 15) is 4.79 Å². The predicted molar refractivity (Wildman–Crippen MR) is 73.7 cm³/mol. The lowest BCUT2D eigenvalue weighted by molar-refractivity contribution is -0.132. The molecule has 0 aliphatic carbocycles. The van der Waals surface area contributed by atoms with Gasteiger partial charge in [0.05, 0.1) is 6.04 Å². The fourth-order valence-electron chi connectivity index (χ4n) is 2.24. The number of carbonyl (C=O) groups is 1. The zero-order chi connectivity index (χ0) is 13.7. The third kappa shape index (κ3) is 3.41. The molecule has 1 amide bonds. The van der Waals surface area contributed by atoms with E-state index in [1.807, 2.05) is 24.0 Å². The molecule has 2 heterocycles. The molecule has 1 aliphatic rings. The molecule has 1 aromatic heterocycles. The van der Waals surface area contributed by atoms with Crippen molar-refractivity contribution in [1.82, 2.24) is 15.1 Å². The van der Waals surface area contributed by atoms with E-state index in [2.05, 4.69) is 15.1 Å². The molecule has 6 nitrogen and oxygen atoms in total. The van der Waals surface area contributed by atoms with Crippen molar-refractivity contribution in [2.24, 2.45) is 5.73 Å². The smallest absolute Gasteiger partial charge is 0.239 e. The summed E-state index contributed by atoms with van der Waals surface area (Å²) in [7, 11) is 0. The monoisotopic (exact) mass is 263 g/mol. The fourth-order valence-corrected chi connectivity index (χ4v) is 2.24. The van der Waals surface area contributed by atoms with Gasteiger partial charge in [0, 0.05) is 32.4 Å². The van der Waals surface area contributed by atoms with Crippen LogP contribution in [0, 0.1) is 0 Å². The van der Waals surface area contributed by atoms with E-state index in [0.717, 1.165) is 31.9 Å². The minimum absolute atomic E-state index is 0.0588. The van der Waals surface area contributed by atoms with E-state index >= 15 is 0 Å². The number of amides is 1. The maximum Gasteiger partial charge on any atom is 0.239 e. The van der Waals surface area contributed by atoms with Crippen LogP contribution < -0.4 is 10.6 Å². The number of hydrogen-bond donors (Lipinski definition) is 1. The number of rotatable bonds is 3. The van der Waals surface area contributed by atoms with E-state index in [1.54, 1.807) is 6.20 Å². The summed E-state index contributed by atoms with van der Waals surface area (Å²) in [6.07, 6.45) is 3.28. The second-order valence-electron chi connectivity index (χ2n) is 4.76. The maximum atomic E-state index is 12.1. The minimum Gasteiger partial charge on any atom is -0.353 e. The summed E-state index contributed by atoms with van der Waals surface area (Å²) in [5.41, 5.74) is 5.82. The Balaban J connectivity index is 1.97. The molecular weight excluding hydrogens is 242 g/mol. The first-order chi connectivity index (χ1) is 9.22. The Morgan fingerprint density at radius 3 is 2.95 bits per heavy atom. The highest BCUT2D eigenvalue weighted by Crippen LogP contribution is 2.12. The molecule has 1 unspecified atom stereocenters. The van der Waals surface area contributed by atoms with Crippen molar-refractivity contribution in [2.75, 3.05) is 31.1 Å². The Hall–Kier alpha value is -1.69. The number of nitrogens with zero attached hydrogens (tertiary/aromatic N) is 4. The van der Waals surface area contributed by atoms with Crippen LogP contribution in [0.4, 0.5) is 5.82 Å². The van der Waals surface area contributed by atoms with Gasteiger partial charge in [0.25, 0.3) is 0 Å². The van der Waals surface area contributed by atoms with Gasteiger partial charge in [0.2, 0.25) is 5.91 Å². The van der Waals surface area contributed by atoms with Crippen LogP contribution in [0.25, 0.3) is 0 Å². The Morgan fingerprint density at radius 2 is 2.26 bits per heavy atom. The van der Waals surface area contributed by atoms with Gasteiger partial charge in [-0.2, -0.15) is 5.10 Å². The molecule has 1 aromatic rings. The fraction of sp³-hybridized carbons (Fsp3) is 0.615. The van der Waals surface area contributed by atoms with Gasteiger partial charge in [-0.1, -0.05) is 6.92 Å². The first-order valence-corrected chi connectivity index (χ1v) is 6.79. The predicted octanol–water partition coefficient (Wildman–Crippen LogP) is 0.253. The maximum absolute atomic E-state index is 12.1. The van der Waals surface area contributed by atoms with Crippen LogP contribution in [0.1, 0.15) is 19.8 Å². The number of carbonyl (C=O) groups excluding carboxylic acids is 1. The summed E-state index contributed by atoms with van der Waals surface area (Å²) in [5.74, 6) is 0.931. The lowest BCUT2D eigenvalue weighted by atomic mass is 10.2. The van der Waals surface area contributed by atoms with Gasteiger partial charge >= 0.3 is 0 Å². The Labute approximate surface area is 113 Å². The van der Waals surface area contributed by atoms with Crippen LogP contribution in [0.3, 0.4) is 0 Å². The summed E-state index contributed by atoms with van der Waals surface area (Å²) in [6, 6.07) is 3.45. The molecular formula is C13H21N5O. The first-order valence-electron chi connectivity index (χ1n) is 6.79. The molecule has 2 N–H and O–H groups in total. The van der Waals surface area contributed by atoms with Gasteiger partial charge in [-0.15, -0.1) is 5.10 Å². The van der Waals surface area contributed by atoms with Crippen LogP contribution in [0.5, 0.6) is 0 Å². The zero-order valence-electron chi connectivity index (χ0n) is 11.3. The van der Waals surface area contributed by atoms with Crippen LogP contribution in [-0.4, -0.2) is 53.2 Å². The van der Waals surface area contributed by atoms with Crippen LogP contribution in [-0.2, 0) is 4.79 Å². The molecule has 19 heavy (non-hydrogen) atoms. The van der Waals surface area contributed by atoms with Crippen LogP contribution in [0.15, 0.2) is 18.3 Å². The van der Waals surface area contributed by atoms with E-state index in [-0.39, 0.29) is 11.9 Å². The molecule has 1 fully saturated rings. The first kappa shape index (κ1) is 13.7. The molecule has 1 aliphatic heterocycles. The summed E-state index contributed by atoms with van der Waals surface area (Å²) >= 11 is 0. The van der Waals surface area contributed by atoms with Crippen molar-refractivity contribution < 1.29 is 4.79 Å². The van der Waals surface area contributed by atoms with Gasteiger partial charge in [-0.05, 0) is 25.0 Å². The van der Waals surface area contributed by atoms with Crippen molar-refractivity contribution in [1.29, 1.82) is 0 Å². The van der Waals surface area contributed by atoms with Gasteiger partial charge < -0.3 is 15.5 Å². The van der Waals surface area contributed by atoms with Gasteiger partial charge in [0.1, 0.15) is 0 Å². The van der Waals surface area contributed by atoms with Crippen molar-refractivity contribution in [3.63, 3.8) is 0 Å². The van der Waals surface area contributed by atoms with Crippen LogP contribution >= 0.6 is 0 Å². The molecule has 0 spiro atoms. The average molecular weight is 263 g/mol. The molecule has 1 atom stereocenters. The summed E-state index contributed by atoms with van der Waals surface area (Å²) in [5, 5.41) is 8.01. The topological polar surface area (TPSA) is 75.4 Å². The third-order valence-corrected chi connectivity index (χ3v) is 3.45. The van der Waals surface area contributed by atoms with Crippen molar-refractivity contribution in [3.05, 3.63) is 18.3 Å². The molecule has 6 heteroatoms. The van der Waals surface area contributed by atoms with Gasteiger partial charge in [-0.25, -0.2) is 0 Å². The Kier molecular flexibility index (Phi) is 4.68. The van der Waals surface area contributed by atoms with E-state index in [0.29, 0.717) is 13.0 Å². The number of aromatic nitrogens is 2. The standard InChI is InChI=1S/C13H21N5O/c1-2-11(14)13(19)18-8-4-7-17(9-10-18)12-5-3-6-15-16-12/h3,5-6,11H,2,4,7-10,14H2,1H3. The quantitative estimate of drug-likeness (QED) is 0.846. The van der Waals surface area contributed by atoms with Gasteiger partial charge in [0.15, 0.2) is 5.82 Å². The van der Waals surface area contributed by atoms with Crippen molar-refractivity contribution >= 4 is 11.7 Å². The van der Waals surface area contributed by atoms with Crippen LogP contribution in [0.2, 0.25) is 0 Å². The Bertz CT molecular complexity index is 411. The molecule has 0 radical (unpaired) electrons. The van der Waals surface area contributed by atoms with E-state index in [4.69, 9.17) is 5.73 Å². The summed E-state index contributed by atoms with van der Waals surface area (Å²) < 4.78 is 0. The molecule has 1 saturated heterocycles. The zero-order valence-corrected chi connectivity index (χ0v) is 11.3. The third-order valence-electron chi connectivity index (χ3n) is 3.45. The van der Waals surface area contributed by atoms with E-state index < -0.39 is 0 Å². The minimum atomic E-state index is -0.372. The highest BCUT2D eigenvalue weighted by Gasteiger charge is 2.23. The molecule has 0 aromatic carbocycles. The lowest BCUT2D eigenvalue weighted by Gasteiger charge is -2.24. The summed E-state index contributed by atoms with van der Waals surface area (Å²) in [6.45, 7) is 5.07. The number of hydrogen-bond acceptors (Lipinski definition) is 5. The Morgan fingerprint density at radius 1 is 1.42 bits per heavy atom. The number of nitrogens with two attached hydrogens (primary N) is 1. The highest BCUT2D eigenvalue weighted by atomic mass is 16.2. The average Bonchev–Trinajstić information content (AvgIpc) is 2.72. The van der Waals surface area contributed by atoms with Crippen molar-refractivity contribution in [3.8, 4) is 0 Å². The second kappa shape index (κ2) is 6.47. The van der Waals surface area contributed by atoms with E-state index in [1.165, 1.54) is 0 Å². The number of anilines is 1. The van der Waals surface area contributed by atoms with Crippen molar-refractivity contribution in [2.45, 2.75) is 25.8 Å². The largest absolute Gasteiger partial charge is 0.353 e. The van der Waals surface area contributed by atoms with Gasteiger partial charge in [-0.3, -0.25) is 4.79 Å². The molecule has 0 bridgehead atoms. The normalized spacial score (nSPS) is 18.0. The molecule has 0 saturated carbocycles. The molecule has 2 rings (SSSR count). The SMILES string of the molecule is CCC(N)C(=O)N1CCCN(c2cccnn2)CC1. The second-order valence-corrected chi connectivity index (χ2v) is 4.76. The molecule has 104 valence electrons. The lowest BCUT2D eigenvalue weighted by Crippen LogP contribution is -2.45. The highest BCUT2D eigenvalue weighted by molar-refractivity contribution is 5.81. The summed E-state index contributed by atoms with van der Waals surface area (Å²) in [4.78, 5) is 16.1.